The van der Waals surface area contributed by atoms with Crippen LogP contribution in [0.3, 0.4) is 0 Å². The number of carboxylic acids is 2. The van der Waals surface area contributed by atoms with Gasteiger partial charge in [-0.15, -0.1) is 0 Å². The Morgan fingerprint density at radius 1 is 1.15 bits per heavy atom. The van der Waals surface area contributed by atoms with Gasteiger partial charge in [-0.2, -0.15) is 11.8 Å². The third-order valence-corrected chi connectivity index (χ3v) is 6.66. The van der Waals surface area contributed by atoms with Gasteiger partial charge in [0.25, 0.3) is 0 Å². The lowest BCUT2D eigenvalue weighted by Gasteiger charge is -2.18. The second kappa shape index (κ2) is 17.7. The number of aliphatic hydroxyl groups is 2. The molecule has 4 unspecified atom stereocenters. The van der Waals surface area contributed by atoms with Crippen molar-refractivity contribution in [3.8, 4) is 0 Å². The third-order valence-electron chi connectivity index (χ3n) is 2.96. The van der Waals surface area contributed by atoms with Crippen LogP contribution in [0.5, 0.6) is 0 Å². The van der Waals surface area contributed by atoms with Crippen molar-refractivity contribution < 1.29 is 48.4 Å². The van der Waals surface area contributed by atoms with E-state index in [1.807, 2.05) is 6.26 Å². The van der Waals surface area contributed by atoms with Crippen LogP contribution in [0.4, 0.5) is 0 Å². The van der Waals surface area contributed by atoms with Crippen LogP contribution in [0.2, 0.25) is 0 Å². The minimum absolute atomic E-state index is 0.152. The first-order valence-electron chi connectivity index (χ1n) is 7.53. The number of carbonyl (C=O) groups is 2. The number of aliphatic carboxylic acids is 2. The van der Waals surface area contributed by atoms with E-state index < -0.39 is 35.5 Å². The quantitative estimate of drug-likeness (QED) is 0.147. The Kier molecular flexibility index (Phi) is 20.5. The highest BCUT2D eigenvalue weighted by atomic mass is 32.2. The molecule has 0 saturated carbocycles. The van der Waals surface area contributed by atoms with Gasteiger partial charge in [0.05, 0.1) is 17.6 Å². The van der Waals surface area contributed by atoms with Gasteiger partial charge in [-0.1, -0.05) is 0 Å². The predicted octanol–water partition coefficient (Wildman–Crippen LogP) is -0.874. The normalized spacial score (nSPS) is 15.1. The molecule has 0 radical (unpaired) electrons. The Bertz CT molecular complexity index is 428. The maximum Gasteiger partial charge on any atom is 0.332 e. The summed E-state index contributed by atoms with van der Waals surface area (Å²) >= 11 is -1.35. The molecule has 0 fully saturated rings. The molecule has 0 aromatic rings. The number of thioether (sulfide) groups is 1. The molecule has 0 aromatic heterocycles. The highest BCUT2D eigenvalue weighted by Crippen LogP contribution is 2.17. The van der Waals surface area contributed by atoms with Crippen LogP contribution in [0.1, 0.15) is 33.6 Å². The van der Waals surface area contributed by atoms with Crippen LogP contribution in [0.15, 0.2) is 0 Å². The Balaban J connectivity index is -0.000000356. The Morgan fingerprint density at radius 3 is 1.78 bits per heavy atom. The molecule has 27 heavy (non-hydrogen) atoms. The van der Waals surface area contributed by atoms with E-state index in [-0.39, 0.29) is 15.6 Å². The molecule has 0 bridgehead atoms. The minimum atomic E-state index is -2.88. The Hall–Kier alpha value is -0.410. The van der Waals surface area contributed by atoms with E-state index in [2.05, 4.69) is 31.4 Å². The second-order valence-electron chi connectivity index (χ2n) is 6.00. The van der Waals surface area contributed by atoms with Crippen molar-refractivity contribution in [1.82, 2.24) is 0 Å². The van der Waals surface area contributed by atoms with Crippen LogP contribution < -0.4 is 5.26 Å². The molecule has 4 N–H and O–H groups in total. The molecule has 0 spiro atoms. The van der Waals surface area contributed by atoms with Gasteiger partial charge in [-0.3, -0.25) is 0 Å². The Labute approximate surface area is 169 Å². The smallest absolute Gasteiger partial charge is 0.332 e. The van der Waals surface area contributed by atoms with Crippen LogP contribution in [0, 0.1) is 0 Å². The van der Waals surface area contributed by atoms with Gasteiger partial charge in [-0.25, -0.2) is 13.8 Å². The van der Waals surface area contributed by atoms with E-state index in [0.29, 0.717) is 18.6 Å². The molecule has 0 amide bonds. The van der Waals surface area contributed by atoms with Gasteiger partial charge in [-0.05, 0) is 50.1 Å². The molecule has 0 rings (SSSR count). The highest BCUT2D eigenvalue weighted by Gasteiger charge is 2.30. The van der Waals surface area contributed by atoms with E-state index >= 15 is 0 Å². The summed E-state index contributed by atoms with van der Waals surface area (Å²) in [6.07, 6.45) is 2.28. The van der Waals surface area contributed by atoms with Crippen molar-refractivity contribution in [1.29, 1.82) is 0 Å². The molecular weight excluding hydrogens is 424 g/mol. The maximum atomic E-state index is 10.3. The zero-order valence-corrected chi connectivity index (χ0v) is 18.4. The molecule has 10 nitrogen and oxygen atoms in total. The van der Waals surface area contributed by atoms with E-state index in [9.17, 15) is 9.59 Å². The standard InChI is InChI=1S/C9H18O3S.C5H10O3S.H2O4S/c1-9(2,3)13(4)6-5-7(10)8(11)12;1-9-3-2-4(6)5(7)8;1-4-5(2)3/h7,10H,5-6H2,1-4H3;4,6H,2-3H2,1H3,(H,7,8);1H,(H,2,3)/p-1. The highest BCUT2D eigenvalue weighted by molar-refractivity contribution is 7.98. The van der Waals surface area contributed by atoms with Gasteiger partial charge >= 0.3 is 11.9 Å². The number of hydrogen-bond acceptors (Lipinski definition) is 9. The van der Waals surface area contributed by atoms with Crippen molar-refractivity contribution in [3.63, 3.8) is 0 Å². The molecule has 0 aliphatic carbocycles. The van der Waals surface area contributed by atoms with Gasteiger partial charge in [0.15, 0.2) is 12.2 Å². The lowest BCUT2D eigenvalue weighted by Crippen LogP contribution is -2.32. The van der Waals surface area contributed by atoms with Crippen molar-refractivity contribution >= 4 is 46.0 Å². The van der Waals surface area contributed by atoms with Crippen molar-refractivity contribution in [2.45, 2.75) is 50.6 Å². The lowest BCUT2D eigenvalue weighted by molar-refractivity contribution is -0.635. The molecule has 0 aliphatic heterocycles. The van der Waals surface area contributed by atoms with E-state index in [0.717, 1.165) is 5.75 Å². The van der Waals surface area contributed by atoms with Crippen LogP contribution in [-0.2, 0) is 36.2 Å². The van der Waals surface area contributed by atoms with Gasteiger partial charge < -0.3 is 34.6 Å². The Morgan fingerprint density at radius 2 is 1.52 bits per heavy atom. The fourth-order valence-corrected chi connectivity index (χ4v) is 2.72. The summed E-state index contributed by atoms with van der Waals surface area (Å²) in [5.41, 5.74) is 0. The summed E-state index contributed by atoms with van der Waals surface area (Å²) in [4.78, 5) is 20.3. The lowest BCUT2D eigenvalue weighted by atomic mass is 10.3. The van der Waals surface area contributed by atoms with E-state index in [4.69, 9.17) is 34.4 Å². The van der Waals surface area contributed by atoms with Crippen LogP contribution in [0.25, 0.3) is 0 Å². The monoisotopic (exact) mass is 453 g/mol. The maximum absolute atomic E-state index is 10.3. The summed E-state index contributed by atoms with van der Waals surface area (Å²) in [5, 5.41) is 42.8. The SMILES string of the molecule is CSCCC(O)C(=O)O.C[S+](CCC(O)C(=O)O)C(C)(C)C.O=S([O-])O[O-]. The summed E-state index contributed by atoms with van der Waals surface area (Å²) in [5.74, 6) is -0.792. The van der Waals surface area contributed by atoms with Gasteiger partial charge in [0.2, 0.25) is 0 Å². The largest absolute Gasteiger partial charge is 0.750 e. The van der Waals surface area contributed by atoms with E-state index in [1.54, 1.807) is 0 Å². The number of hydrogen-bond donors (Lipinski definition) is 4. The van der Waals surface area contributed by atoms with Crippen LogP contribution >= 0.6 is 11.8 Å². The summed E-state index contributed by atoms with van der Waals surface area (Å²) < 4.78 is 20.3. The zero-order valence-electron chi connectivity index (χ0n) is 15.9. The van der Waals surface area contributed by atoms with Crippen molar-refractivity contribution in [2.24, 2.45) is 0 Å². The number of carboxylic acid groups (broad SMARTS) is 2. The van der Waals surface area contributed by atoms with Gasteiger partial charge in [0, 0.05) is 6.42 Å². The number of rotatable bonds is 9. The fourth-order valence-electron chi connectivity index (χ4n) is 1.07. The predicted molar refractivity (Wildman–Crippen MR) is 103 cm³/mol. The second-order valence-corrected chi connectivity index (χ2v) is 10.4. The average Bonchev–Trinajstić information content (AvgIpc) is 2.56. The van der Waals surface area contributed by atoms with Crippen molar-refractivity contribution in [2.75, 3.05) is 24.0 Å². The molecule has 13 heteroatoms. The topological polar surface area (TPSA) is 187 Å². The molecule has 0 aromatic carbocycles. The third kappa shape index (κ3) is 23.6. The molecule has 164 valence electrons. The zero-order chi connectivity index (χ0) is 22.2. The molecule has 0 aliphatic rings. The first kappa shape index (κ1) is 31.3. The summed E-state index contributed by atoms with van der Waals surface area (Å²) in [7, 11) is 0.152. The molecule has 0 saturated heterocycles. The van der Waals surface area contributed by atoms with E-state index in [1.165, 1.54) is 11.8 Å². The summed E-state index contributed by atoms with van der Waals surface area (Å²) in [6, 6.07) is 0. The first-order chi connectivity index (χ1) is 12.2. The van der Waals surface area contributed by atoms with Crippen molar-refractivity contribution in [3.05, 3.63) is 0 Å². The number of aliphatic hydroxyl groups excluding tert-OH is 2. The average molecular weight is 454 g/mol. The van der Waals surface area contributed by atoms with Gasteiger partial charge in [0.1, 0.15) is 10.5 Å². The van der Waals surface area contributed by atoms with Crippen LogP contribution in [-0.4, -0.2) is 82.1 Å². The molecule has 0 heterocycles. The summed E-state index contributed by atoms with van der Waals surface area (Å²) in [6.45, 7) is 6.38. The molecular formula is C14H29O10S3-. The minimum Gasteiger partial charge on any atom is -0.750 e. The fraction of sp³-hybridized carbons (Fsp3) is 0.857. The molecule has 4 atom stereocenters. The first-order valence-corrected chi connectivity index (χ1v) is 11.7.